The molecule has 9 aliphatic rings. The van der Waals surface area contributed by atoms with Crippen LogP contribution in [0.1, 0.15) is 31.9 Å². The predicted octanol–water partition coefficient (Wildman–Crippen LogP) is -6.66. The van der Waals surface area contributed by atoms with Crippen LogP contribution in [0, 0.1) is 0 Å². The van der Waals surface area contributed by atoms with E-state index in [4.69, 9.17) is 65.2 Å². The number of carbonyl (C=O) groups is 5. The number of amides is 9. The number of hydrogen-bond acceptors (Lipinski definition) is 25. The number of alkyl halides is 10. The molecule has 34 nitrogen and oxygen atoms in total. The number of imide groups is 1. The SMILES string of the molecule is Nc1ccn([C@@H]2O[C@H](CO)[C@@H](O)C2(F)F)c(=O)n1.O=C1CCN([C@@H]2O[C@H](CO)[C@@H](O)C2(F)F)C(=O)N1.O=C1NCCCN1[C@@H]1O[C@H](CO)[C@@H](O)C1(F)F.O=C1N[C@@H](O)CCN1[C@@H]1O[C@H](CO)[C@@H](O)C1(F)F.O=C1N[C@H](O)CCN1[C@@H]1O[C@H](CO)[C@@H](O)C1(F)F. The summed E-state index contributed by atoms with van der Waals surface area (Å²) >= 11 is 0. The summed E-state index contributed by atoms with van der Waals surface area (Å²) in [7, 11) is 0. The molecule has 0 saturated carbocycles. The van der Waals surface area contributed by atoms with Crippen LogP contribution in [0.2, 0.25) is 0 Å². The summed E-state index contributed by atoms with van der Waals surface area (Å²) in [5.74, 6) is -19.0. The number of carbonyl (C=O) groups excluding carboxylic acids is 5. The van der Waals surface area contributed by atoms with E-state index >= 15 is 0 Å². The first-order chi connectivity index (χ1) is 41.5. The van der Waals surface area contributed by atoms with Gasteiger partial charge in [0.1, 0.15) is 48.8 Å². The van der Waals surface area contributed by atoms with Crippen molar-refractivity contribution in [3.8, 4) is 0 Å². The topological polar surface area (TPSA) is 496 Å². The van der Waals surface area contributed by atoms with Crippen LogP contribution in [-0.4, -0.2) is 314 Å². The van der Waals surface area contributed by atoms with Crippen molar-refractivity contribution in [2.24, 2.45) is 0 Å². The second-order valence-corrected chi connectivity index (χ2v) is 20.7. The van der Waals surface area contributed by atoms with Gasteiger partial charge in [0.15, 0.2) is 30.5 Å². The summed E-state index contributed by atoms with van der Waals surface area (Å²) in [4.78, 5) is 74.3. The van der Waals surface area contributed by atoms with Crippen molar-refractivity contribution in [1.82, 2.24) is 50.4 Å². The fourth-order valence-corrected chi connectivity index (χ4v) is 9.76. The number of ether oxygens (including phenoxy) is 5. The van der Waals surface area contributed by atoms with Crippen molar-refractivity contribution in [2.45, 2.75) is 160 Å². The zero-order valence-corrected chi connectivity index (χ0v) is 45.8. The van der Waals surface area contributed by atoms with E-state index in [1.807, 2.05) is 5.32 Å². The van der Waals surface area contributed by atoms with Gasteiger partial charge in [-0.25, -0.2) is 24.0 Å². The van der Waals surface area contributed by atoms with Crippen LogP contribution < -0.4 is 32.7 Å². The van der Waals surface area contributed by atoms with Crippen LogP contribution >= 0.6 is 0 Å². The van der Waals surface area contributed by atoms with Gasteiger partial charge in [-0.3, -0.25) is 34.3 Å². The highest BCUT2D eigenvalue weighted by Gasteiger charge is 2.65. The average Bonchev–Trinajstić information content (AvgIpc) is 1.77. The zero-order chi connectivity index (χ0) is 66.6. The predicted molar refractivity (Wildman–Crippen MR) is 263 cm³/mol. The normalized spacial score (nSPS) is 36.6. The molecule has 0 unspecified atom stereocenters. The van der Waals surface area contributed by atoms with E-state index in [9.17, 15) is 98.2 Å². The maximum Gasteiger partial charge on any atom is 0.351 e. The molecule has 0 aromatic carbocycles. The quantitative estimate of drug-likeness (QED) is 0.0969. The minimum atomic E-state index is -3.71. The van der Waals surface area contributed by atoms with Gasteiger partial charge in [0.25, 0.3) is 0 Å². The molecule has 0 bridgehead atoms. The highest BCUT2D eigenvalue weighted by atomic mass is 19.3. The van der Waals surface area contributed by atoms with E-state index in [1.54, 1.807) is 0 Å². The van der Waals surface area contributed by atoms with E-state index in [1.165, 1.54) is 0 Å². The molecule has 18 N–H and O–H groups in total. The van der Waals surface area contributed by atoms with Gasteiger partial charge in [-0.05, 0) is 12.5 Å². The lowest BCUT2D eigenvalue weighted by molar-refractivity contribution is -0.159. The number of nitrogens with one attached hydrogen (secondary N) is 4. The minimum Gasteiger partial charge on any atom is -0.394 e. The Balaban J connectivity index is 0.000000177. The smallest absolute Gasteiger partial charge is 0.351 e. The lowest BCUT2D eigenvalue weighted by atomic mass is 10.1. The minimum absolute atomic E-state index is 0.0710. The van der Waals surface area contributed by atoms with Crippen molar-refractivity contribution in [3.63, 3.8) is 0 Å². The first-order valence-corrected chi connectivity index (χ1v) is 26.6. The molecule has 0 radical (unpaired) electrons. The van der Waals surface area contributed by atoms with Gasteiger partial charge < -0.3 is 107 Å². The van der Waals surface area contributed by atoms with E-state index in [0.717, 1.165) is 17.2 Å². The molecular formula is C45H65F10N11O23. The zero-order valence-electron chi connectivity index (χ0n) is 45.8. The molecule has 1 aromatic rings. The number of nitrogen functional groups attached to an aromatic ring is 1. The lowest BCUT2D eigenvalue weighted by Crippen LogP contribution is -2.59. The molecular weight excluding hydrogens is 1250 g/mol. The molecule has 0 aliphatic carbocycles. The fraction of sp³-hybridized carbons (Fsp3) is 0.800. The Morgan fingerprint density at radius 3 is 1.11 bits per heavy atom. The van der Waals surface area contributed by atoms with Gasteiger partial charge in [-0.2, -0.15) is 48.9 Å². The second-order valence-electron chi connectivity index (χ2n) is 20.7. The number of urea groups is 4. The van der Waals surface area contributed by atoms with Gasteiger partial charge in [-0.1, -0.05) is 0 Å². The van der Waals surface area contributed by atoms with E-state index < -0.39 is 203 Å². The molecule has 508 valence electrons. The monoisotopic (exact) mass is 1320 g/mol. The summed E-state index contributed by atoms with van der Waals surface area (Å²) in [6, 6.07) is -2.29. The Morgan fingerprint density at radius 1 is 0.483 bits per heavy atom. The summed E-state index contributed by atoms with van der Waals surface area (Å²) < 4.78 is 162. The molecule has 9 saturated heterocycles. The Kier molecular flexibility index (Phi) is 23.3. The second kappa shape index (κ2) is 28.7. The fourth-order valence-electron chi connectivity index (χ4n) is 9.76. The third kappa shape index (κ3) is 15.0. The van der Waals surface area contributed by atoms with Crippen molar-refractivity contribution in [1.29, 1.82) is 0 Å². The highest BCUT2D eigenvalue weighted by molar-refractivity contribution is 5.96. The third-order valence-electron chi connectivity index (χ3n) is 14.6. The van der Waals surface area contributed by atoms with Crippen molar-refractivity contribution >= 4 is 35.8 Å². The standard InChI is InChI=1S/C9H11F2N3O4.2C9H14F2N2O5.C9H12F2N2O5.C9H14F2N2O4/c10-9(11)6(16)4(3-15)18-7(9)14-2-1-5(12)13-8(14)17;3*10-9(11)6(16)4(3-14)18-7(9)13-2-1-5(15)12-8(13)17;10-9(11)6(15)5(4-14)17-7(9)13-3-1-2-12-8(13)16/h1-2,4,6-7,15-16H,3H2,(H2,12,13,17);2*4-7,14-16H,1-3H2,(H,12,17);4,6-7,14,16H,1-3H2,(H,12,15,17);5-7,14-15H,1-4H2,(H,12,16)/t4-,6-,7-;4-,5+,6-,7-;4-,5-,6-,7-;4-,6-,7-;5-,6-,7-/m11111/s1. The van der Waals surface area contributed by atoms with E-state index in [0.29, 0.717) is 32.2 Å². The van der Waals surface area contributed by atoms with Crippen molar-refractivity contribution in [2.75, 3.05) is 71.5 Å². The molecule has 89 heavy (non-hydrogen) atoms. The Hall–Kier alpha value is -5.95. The number of rotatable bonds is 10. The number of aliphatic hydroxyl groups excluding tert-OH is 12. The summed E-state index contributed by atoms with van der Waals surface area (Å²) in [6.45, 7) is -3.76. The maximum atomic E-state index is 13.7. The summed E-state index contributed by atoms with van der Waals surface area (Å²) in [5.41, 5.74) is 4.21. The van der Waals surface area contributed by atoms with Crippen LogP contribution in [-0.2, 0) is 28.5 Å². The summed E-state index contributed by atoms with van der Waals surface area (Å²) in [6.07, 6.45) is -28.4. The molecule has 10 heterocycles. The first kappa shape index (κ1) is 72.1. The number of nitrogens with two attached hydrogens (primary N) is 1. The van der Waals surface area contributed by atoms with Crippen LogP contribution in [0.4, 0.5) is 68.9 Å². The number of aromatic nitrogens is 2. The molecule has 10 rings (SSSR count). The molecule has 17 atom stereocenters. The third-order valence-corrected chi connectivity index (χ3v) is 14.6. The van der Waals surface area contributed by atoms with Crippen molar-refractivity contribution < 1.29 is 153 Å². The number of halogens is 10. The molecule has 0 spiro atoms. The van der Waals surface area contributed by atoms with Crippen LogP contribution in [0.5, 0.6) is 0 Å². The Bertz CT molecular complexity index is 2630. The van der Waals surface area contributed by atoms with Gasteiger partial charge >= 0.3 is 59.4 Å². The largest absolute Gasteiger partial charge is 0.394 e. The van der Waals surface area contributed by atoms with Crippen LogP contribution in [0.25, 0.3) is 0 Å². The number of nitrogens with zero attached hydrogens (tertiary/aromatic N) is 6. The summed E-state index contributed by atoms with van der Waals surface area (Å²) in [5, 5.41) is 117. The van der Waals surface area contributed by atoms with E-state index in [-0.39, 0.29) is 51.3 Å². The van der Waals surface area contributed by atoms with Gasteiger partial charge in [-0.15, -0.1) is 0 Å². The van der Waals surface area contributed by atoms with Crippen molar-refractivity contribution in [3.05, 3.63) is 22.7 Å². The lowest BCUT2D eigenvalue weighted by Gasteiger charge is -2.36. The number of aliphatic hydroxyl groups is 12. The molecule has 9 aliphatic heterocycles. The molecule has 1 aromatic heterocycles. The van der Waals surface area contributed by atoms with E-state index in [2.05, 4.69) is 20.9 Å². The van der Waals surface area contributed by atoms with Gasteiger partial charge in [0, 0.05) is 58.2 Å². The maximum absolute atomic E-state index is 13.7. The number of hydrogen-bond donors (Lipinski definition) is 17. The molecule has 44 heteroatoms. The molecule has 9 amide bonds. The van der Waals surface area contributed by atoms with Crippen LogP contribution in [0.15, 0.2) is 17.1 Å². The van der Waals surface area contributed by atoms with Crippen LogP contribution in [0.3, 0.4) is 0 Å². The number of anilines is 1. The van der Waals surface area contributed by atoms with Gasteiger partial charge in [0.05, 0.1) is 33.0 Å². The highest BCUT2D eigenvalue weighted by Crippen LogP contribution is 2.44. The first-order valence-electron chi connectivity index (χ1n) is 26.6. The molecule has 9 fully saturated rings. The average molecular weight is 1320 g/mol. The Labute approximate surface area is 492 Å². The van der Waals surface area contributed by atoms with Gasteiger partial charge in [0.2, 0.25) is 37.0 Å². The Morgan fingerprint density at radius 2 is 0.809 bits per heavy atom.